The fourth-order valence-corrected chi connectivity index (χ4v) is 22.9. The van der Waals surface area contributed by atoms with Gasteiger partial charge in [0, 0.05) is 76.1 Å². The molecule has 0 heterocycles. The van der Waals surface area contributed by atoms with Gasteiger partial charge in [0.2, 0.25) is 0 Å². The van der Waals surface area contributed by atoms with E-state index < -0.39 is 71.7 Å². The number of hydrogen-bond acceptors (Lipinski definition) is 25. The Morgan fingerprint density at radius 3 is 0.794 bits per heavy atom. The number of phenols is 1. The summed E-state index contributed by atoms with van der Waals surface area (Å²) in [6, 6.07) is 19.4. The average Bonchev–Trinajstić information content (AvgIpc) is 0.778. The van der Waals surface area contributed by atoms with Gasteiger partial charge in [0.1, 0.15) is 35.0 Å². The van der Waals surface area contributed by atoms with E-state index in [1.807, 2.05) is 133 Å². The molecule has 754 valence electrons. The number of aliphatic carboxylic acids is 1. The topological polar surface area (TPSA) is 328 Å². The van der Waals surface area contributed by atoms with E-state index in [2.05, 4.69) is 130 Å². The normalized spacial score (nSPS) is 12.8. The summed E-state index contributed by atoms with van der Waals surface area (Å²) in [6.45, 7) is 80.7. The lowest BCUT2D eigenvalue weighted by Crippen LogP contribution is -2.41. The number of carboxylic acids is 1. The van der Waals surface area contributed by atoms with Crippen molar-refractivity contribution >= 4 is 78.4 Å². The summed E-state index contributed by atoms with van der Waals surface area (Å²) in [5, 5.41) is 29.3. The van der Waals surface area contributed by atoms with Crippen molar-refractivity contribution in [1.82, 2.24) is 0 Å². The number of carboxylic acid groups (broad SMARTS) is 1. The first-order chi connectivity index (χ1) is 59.9. The van der Waals surface area contributed by atoms with Gasteiger partial charge in [-0.3, -0.25) is 50.0 Å². The Hall–Kier alpha value is -4.41. The largest absolute Gasteiger partial charge is 0.530 e. The molecule has 5 aromatic carbocycles. The first kappa shape index (κ1) is 127. The molecular formula is C97H170ClO26P5Si2. The van der Waals surface area contributed by atoms with Crippen LogP contribution in [0.2, 0.25) is 36.3 Å². The van der Waals surface area contributed by atoms with Crippen LogP contribution in [0.4, 0.5) is 0 Å². The lowest BCUT2D eigenvalue weighted by Gasteiger charge is -2.38. The van der Waals surface area contributed by atoms with Gasteiger partial charge in [0.25, 0.3) is 0 Å². The molecule has 3 N–H and O–H groups in total. The molecule has 0 aromatic heterocycles. The van der Waals surface area contributed by atoms with Crippen molar-refractivity contribution in [2.24, 2.45) is 0 Å². The summed E-state index contributed by atoms with van der Waals surface area (Å²) in [6.07, 6.45) is 3.45. The van der Waals surface area contributed by atoms with E-state index in [0.717, 1.165) is 104 Å². The summed E-state index contributed by atoms with van der Waals surface area (Å²) in [5.41, 5.74) is 12.9. The molecule has 5 aromatic rings. The van der Waals surface area contributed by atoms with Crippen molar-refractivity contribution in [3.05, 3.63) is 144 Å². The van der Waals surface area contributed by atoms with Gasteiger partial charge in [-0.25, -0.2) is 22.8 Å². The third kappa shape index (κ3) is 42.4. The molecule has 0 radical (unpaired) electrons. The minimum absolute atomic E-state index is 0.0638. The molecule has 0 aliphatic rings. The Kier molecular flexibility index (Phi) is 53.5. The van der Waals surface area contributed by atoms with E-state index >= 15 is 0 Å². The lowest BCUT2D eigenvalue weighted by molar-refractivity contribution is -0.138. The highest BCUT2D eigenvalue weighted by molar-refractivity contribution is 7.81. The second-order valence-electron chi connectivity index (χ2n) is 38.6. The first-order valence-electron chi connectivity index (χ1n) is 45.7. The second-order valence-corrected chi connectivity index (χ2v) is 57.2. The third-order valence-corrected chi connectivity index (χ3v) is 39.3. The number of aldehydes is 1. The molecule has 0 saturated carbocycles. The molecule has 0 unspecified atom stereocenters. The zero-order valence-electron chi connectivity index (χ0n) is 87.4. The Bertz CT molecular complexity index is 4550. The molecule has 0 aliphatic heterocycles. The summed E-state index contributed by atoms with van der Waals surface area (Å²) in [7, 11) is -18.3. The smallest absolute Gasteiger partial charge is 0.508 e. The number of phosphoric ester groups is 4. The van der Waals surface area contributed by atoms with Crippen LogP contribution in [0.3, 0.4) is 0 Å². The van der Waals surface area contributed by atoms with Crippen LogP contribution in [0.5, 0.6) is 28.7 Å². The number of hydrogen-bond donors (Lipinski definition) is 3. The van der Waals surface area contributed by atoms with Crippen LogP contribution in [0.25, 0.3) is 0 Å². The molecule has 0 aliphatic carbocycles. The van der Waals surface area contributed by atoms with Gasteiger partial charge in [-0.1, -0.05) is 141 Å². The number of phenolic OH excluding ortho intramolecular Hbond substituents is 1. The number of halogens is 1. The van der Waals surface area contributed by atoms with E-state index in [0.29, 0.717) is 67.0 Å². The van der Waals surface area contributed by atoms with Crippen molar-refractivity contribution in [2.75, 3.05) is 85.9 Å². The van der Waals surface area contributed by atoms with Crippen molar-refractivity contribution in [3.63, 3.8) is 0 Å². The van der Waals surface area contributed by atoms with Crippen LogP contribution in [0.15, 0.2) is 60.7 Å². The molecule has 0 bridgehead atoms. The fourth-order valence-electron chi connectivity index (χ4n) is 14.7. The maximum Gasteiger partial charge on any atom is 0.530 e. The van der Waals surface area contributed by atoms with Gasteiger partial charge < -0.3 is 47.1 Å². The zero-order valence-corrected chi connectivity index (χ0v) is 94.7. The fraction of sp³-hybridized carbons (Fsp3) is 0.670. The van der Waals surface area contributed by atoms with Crippen LogP contribution < -0.4 is 18.1 Å². The third-order valence-electron chi connectivity index (χ3n) is 22.2. The van der Waals surface area contributed by atoms with E-state index in [1.165, 1.54) is 0 Å². The SMILES string of the molecule is CCOP(=O)(Cl)OCC.CCOP(=O)(OCC)Oc1cc(C)cc(C)c1C(C)(C)CC(=O)O.CCOP(=O)(OCC)Oc1cc(C)cc(C)c1C(C)(C)CC=O.CCOP(=O)(OCC)Oc1cc(C)cc(C)c1C(C)(C)CCO.CCOP(=O)(OCC)Oc1cc(C)cc(C)c1C(C)(C)CCO[Si](C)(C)C(C)(C)C.Cc1cc(C)c(C(C)(C)CCO[Si](C)(C)C(C)(C)C)c(O)c1. The van der Waals surface area contributed by atoms with E-state index in [4.69, 9.17) is 74.4 Å². The number of rotatable bonds is 47. The zero-order chi connectivity index (χ0) is 102. The van der Waals surface area contributed by atoms with Crippen molar-refractivity contribution in [3.8, 4) is 28.7 Å². The summed E-state index contributed by atoms with van der Waals surface area (Å²) in [4.78, 5) is 22.3. The van der Waals surface area contributed by atoms with Crippen LogP contribution >= 0.6 is 49.5 Å². The van der Waals surface area contributed by atoms with Crippen LogP contribution in [0.1, 0.15) is 296 Å². The molecule has 26 nitrogen and oxygen atoms in total. The van der Waals surface area contributed by atoms with Crippen LogP contribution in [-0.4, -0.2) is 130 Å². The minimum Gasteiger partial charge on any atom is -0.508 e. The summed E-state index contributed by atoms with van der Waals surface area (Å²) >= 11 is 5.25. The molecule has 0 amide bonds. The molecule has 0 fully saturated rings. The molecule has 0 saturated heterocycles. The predicted octanol–water partition coefficient (Wildman–Crippen LogP) is 29.5. The number of aryl methyl sites for hydroxylation is 10. The van der Waals surface area contributed by atoms with E-state index in [9.17, 15) is 47.7 Å². The van der Waals surface area contributed by atoms with E-state index in [1.54, 1.807) is 81.4 Å². The number of carbonyl (C=O) groups is 2. The summed E-state index contributed by atoms with van der Waals surface area (Å²) in [5.74, 6) is 1.34. The number of benzene rings is 5. The minimum atomic E-state index is -3.76. The average molecular weight is 2000 g/mol. The standard InChI is InChI=1S/C23H43O5PSi.C19H34O2Si.C17H27O6P.C17H29O5P.C17H27O5P.C4H10ClO3P/c1-12-25-29(24,26-13-2)28-20-17-18(3)16-19(4)21(20)23(8,9)14-15-27-30(10,11)22(5,6)7;1-14-12-15(2)17(16(20)13-14)19(6,7)10-11-21-22(8,9)18(3,4)5;1-7-21-24(20,22-8-2)23-14-10-12(3)9-13(4)16(14)17(5,6)11-15(18)19;2*1-7-20-23(19,21-8-2)22-15-12-13(3)11-14(4)16(15)17(5,6)9-10-18;1-3-7-9(5,6)8-4-2/h16-17H,12-15H2,1-11H3;12-13,20H,10-11H2,1-9H3;9-10H,7-8,11H2,1-6H3,(H,18,19);11-12,18H,7-10H2,1-6H3;10-12H,7-9H2,1-6H3;3-4H2,1-2H3. The van der Waals surface area contributed by atoms with Crippen molar-refractivity contribution in [2.45, 2.75) is 345 Å². The predicted molar refractivity (Wildman–Crippen MR) is 539 cm³/mol. The highest BCUT2D eigenvalue weighted by Crippen LogP contribution is 2.58. The number of aliphatic hydroxyl groups is 1. The monoisotopic (exact) mass is 2000 g/mol. The second kappa shape index (κ2) is 55.4. The molecule has 0 atom stereocenters. The molecule has 34 heteroatoms. The van der Waals surface area contributed by atoms with Crippen molar-refractivity contribution < 1.29 is 120 Å². The molecular weight excluding hydrogens is 1830 g/mol. The van der Waals surface area contributed by atoms with Gasteiger partial charge in [-0.2, -0.15) is 0 Å². The maximum atomic E-state index is 13.1. The highest BCUT2D eigenvalue weighted by Gasteiger charge is 2.43. The van der Waals surface area contributed by atoms with Gasteiger partial charge >= 0.3 is 44.2 Å². The van der Waals surface area contributed by atoms with Gasteiger partial charge in [-0.05, 0) is 296 Å². The van der Waals surface area contributed by atoms with Crippen LogP contribution in [0, 0.1) is 69.2 Å². The molecule has 0 spiro atoms. The quantitative estimate of drug-likeness (QED) is 0.0185. The van der Waals surface area contributed by atoms with Gasteiger partial charge in [0.15, 0.2) is 16.6 Å². The Labute approximate surface area is 796 Å². The number of carbonyl (C=O) groups excluding carboxylic acids is 1. The lowest BCUT2D eigenvalue weighted by atomic mass is 9.78. The molecule has 5 rings (SSSR count). The van der Waals surface area contributed by atoms with E-state index in [-0.39, 0.29) is 92.2 Å². The number of phosphoric acid groups is 4. The van der Waals surface area contributed by atoms with Gasteiger partial charge in [-0.15, -0.1) is 0 Å². The number of aromatic hydroxyl groups is 1. The Morgan fingerprint density at radius 2 is 0.573 bits per heavy atom. The van der Waals surface area contributed by atoms with Crippen molar-refractivity contribution in [1.29, 1.82) is 0 Å². The molecule has 131 heavy (non-hydrogen) atoms. The van der Waals surface area contributed by atoms with Crippen LogP contribution in [-0.2, 0) is 114 Å². The maximum absolute atomic E-state index is 13.1. The number of aliphatic hydroxyl groups excluding tert-OH is 1. The highest BCUT2D eigenvalue weighted by atomic mass is 35.7. The Balaban J connectivity index is 0.00000158. The Morgan fingerprint density at radius 1 is 0.351 bits per heavy atom. The first-order valence-corrected chi connectivity index (χ1v) is 59.8. The van der Waals surface area contributed by atoms with Gasteiger partial charge in [0.05, 0.1) is 72.5 Å². The summed E-state index contributed by atoms with van der Waals surface area (Å²) < 4.78 is 149.